The number of amides is 1. The Morgan fingerprint density at radius 2 is 2.10 bits per heavy atom. The van der Waals surface area contributed by atoms with Crippen LogP contribution in [0.1, 0.15) is 43.2 Å². The first kappa shape index (κ1) is 13.5. The zero-order valence-corrected chi connectivity index (χ0v) is 12.0. The van der Waals surface area contributed by atoms with E-state index in [4.69, 9.17) is 4.74 Å². The molecule has 0 atom stereocenters. The SMILES string of the molecule is O=C(NCCc1ccc2c(c1)CCO2)C1CCCCC1. The van der Waals surface area contributed by atoms with Crippen LogP contribution in [-0.2, 0) is 17.6 Å². The van der Waals surface area contributed by atoms with Gasteiger partial charge in [-0.2, -0.15) is 0 Å². The van der Waals surface area contributed by atoms with Crippen LogP contribution in [0.2, 0.25) is 0 Å². The summed E-state index contributed by atoms with van der Waals surface area (Å²) >= 11 is 0. The number of carbonyl (C=O) groups is 1. The van der Waals surface area contributed by atoms with Crippen LogP contribution < -0.4 is 10.1 Å². The predicted molar refractivity (Wildman–Crippen MR) is 78.9 cm³/mol. The average Bonchev–Trinajstić information content (AvgIpc) is 2.95. The number of hydrogen-bond donors (Lipinski definition) is 1. The van der Waals surface area contributed by atoms with Gasteiger partial charge >= 0.3 is 0 Å². The summed E-state index contributed by atoms with van der Waals surface area (Å²) in [5.41, 5.74) is 2.60. The van der Waals surface area contributed by atoms with E-state index in [1.54, 1.807) is 0 Å². The summed E-state index contributed by atoms with van der Waals surface area (Å²) in [5, 5.41) is 3.10. The summed E-state index contributed by atoms with van der Waals surface area (Å²) in [4.78, 5) is 12.0. The van der Waals surface area contributed by atoms with Gasteiger partial charge in [0.2, 0.25) is 5.91 Å². The minimum absolute atomic E-state index is 0.259. The zero-order valence-electron chi connectivity index (χ0n) is 12.0. The van der Waals surface area contributed by atoms with Crippen LogP contribution in [0, 0.1) is 5.92 Å². The summed E-state index contributed by atoms with van der Waals surface area (Å²) in [5.74, 6) is 1.55. The second-order valence-corrected chi connectivity index (χ2v) is 5.92. The Labute approximate surface area is 120 Å². The lowest BCUT2D eigenvalue weighted by Crippen LogP contribution is -2.33. The predicted octanol–water partition coefficient (Wildman–Crippen LogP) is 2.86. The molecule has 1 fully saturated rings. The van der Waals surface area contributed by atoms with E-state index < -0.39 is 0 Å². The smallest absolute Gasteiger partial charge is 0.223 e. The zero-order chi connectivity index (χ0) is 13.8. The number of rotatable bonds is 4. The molecule has 3 nitrogen and oxygen atoms in total. The first-order valence-electron chi connectivity index (χ1n) is 7.85. The number of carbonyl (C=O) groups excluding carboxylic acids is 1. The summed E-state index contributed by atoms with van der Waals surface area (Å²) in [7, 11) is 0. The van der Waals surface area contributed by atoms with Crippen molar-refractivity contribution in [3.63, 3.8) is 0 Å². The number of hydrogen-bond acceptors (Lipinski definition) is 2. The normalized spacial score (nSPS) is 18.4. The fraction of sp³-hybridized carbons (Fsp3) is 0.588. The van der Waals surface area contributed by atoms with Gasteiger partial charge in [0.1, 0.15) is 5.75 Å². The van der Waals surface area contributed by atoms with Gasteiger partial charge in [0.15, 0.2) is 0 Å². The maximum Gasteiger partial charge on any atom is 0.223 e. The average molecular weight is 273 g/mol. The van der Waals surface area contributed by atoms with E-state index in [2.05, 4.69) is 23.5 Å². The molecule has 0 unspecified atom stereocenters. The molecule has 108 valence electrons. The quantitative estimate of drug-likeness (QED) is 0.916. The number of benzene rings is 1. The topological polar surface area (TPSA) is 38.3 Å². The molecule has 20 heavy (non-hydrogen) atoms. The molecule has 1 aromatic carbocycles. The molecule has 1 saturated carbocycles. The number of ether oxygens (including phenoxy) is 1. The van der Waals surface area contributed by atoms with Crippen LogP contribution in [0.5, 0.6) is 5.75 Å². The van der Waals surface area contributed by atoms with Gasteiger partial charge in [-0.1, -0.05) is 31.4 Å². The monoisotopic (exact) mass is 273 g/mol. The van der Waals surface area contributed by atoms with Crippen LogP contribution in [0.25, 0.3) is 0 Å². The van der Waals surface area contributed by atoms with Crippen molar-refractivity contribution in [2.45, 2.75) is 44.9 Å². The Morgan fingerprint density at radius 1 is 1.25 bits per heavy atom. The second-order valence-electron chi connectivity index (χ2n) is 5.92. The fourth-order valence-electron chi connectivity index (χ4n) is 3.23. The van der Waals surface area contributed by atoms with E-state index in [1.807, 2.05) is 0 Å². The summed E-state index contributed by atoms with van der Waals surface area (Å²) < 4.78 is 5.51. The highest BCUT2D eigenvalue weighted by atomic mass is 16.5. The molecular formula is C17H23NO2. The standard InChI is InChI=1S/C17H23NO2/c19-17(14-4-2-1-3-5-14)18-10-8-13-6-7-16-15(12-13)9-11-20-16/h6-7,12,14H,1-5,8-11H2,(H,18,19). The van der Waals surface area contributed by atoms with Gasteiger partial charge in [-0.15, -0.1) is 0 Å². The van der Waals surface area contributed by atoms with Crippen molar-refractivity contribution in [2.75, 3.05) is 13.2 Å². The largest absolute Gasteiger partial charge is 0.493 e. The van der Waals surface area contributed by atoms with Gasteiger partial charge in [0, 0.05) is 18.9 Å². The summed E-state index contributed by atoms with van der Waals surface area (Å²) in [6.07, 6.45) is 7.78. The molecule has 1 aliphatic carbocycles. The van der Waals surface area contributed by atoms with Crippen LogP contribution in [0.3, 0.4) is 0 Å². The van der Waals surface area contributed by atoms with Crippen molar-refractivity contribution >= 4 is 5.91 Å². The maximum atomic E-state index is 12.0. The molecule has 1 heterocycles. The van der Waals surface area contributed by atoms with E-state index in [-0.39, 0.29) is 11.8 Å². The second kappa shape index (κ2) is 6.29. The molecule has 0 saturated heterocycles. The van der Waals surface area contributed by atoms with Gasteiger partial charge in [0.25, 0.3) is 0 Å². The molecule has 0 radical (unpaired) electrons. The lowest BCUT2D eigenvalue weighted by atomic mass is 9.88. The van der Waals surface area contributed by atoms with Crippen LogP contribution in [0.4, 0.5) is 0 Å². The molecule has 1 aromatic rings. The van der Waals surface area contributed by atoms with Crippen molar-refractivity contribution in [1.82, 2.24) is 5.32 Å². The van der Waals surface area contributed by atoms with Crippen LogP contribution in [0.15, 0.2) is 18.2 Å². The van der Waals surface area contributed by atoms with Crippen molar-refractivity contribution in [2.24, 2.45) is 5.92 Å². The molecule has 3 heteroatoms. The van der Waals surface area contributed by atoms with Crippen molar-refractivity contribution < 1.29 is 9.53 Å². The Bertz CT molecular complexity index is 478. The molecule has 1 amide bonds. The van der Waals surface area contributed by atoms with Gasteiger partial charge in [0.05, 0.1) is 6.61 Å². The van der Waals surface area contributed by atoms with Crippen molar-refractivity contribution in [3.05, 3.63) is 29.3 Å². The molecule has 1 aliphatic heterocycles. The molecule has 0 bridgehead atoms. The summed E-state index contributed by atoms with van der Waals surface area (Å²) in [6, 6.07) is 6.38. The van der Waals surface area contributed by atoms with Crippen LogP contribution in [-0.4, -0.2) is 19.1 Å². The Morgan fingerprint density at radius 3 is 2.95 bits per heavy atom. The fourth-order valence-corrected chi connectivity index (χ4v) is 3.23. The minimum Gasteiger partial charge on any atom is -0.493 e. The Kier molecular flexibility index (Phi) is 4.24. The van der Waals surface area contributed by atoms with E-state index in [0.717, 1.165) is 44.6 Å². The van der Waals surface area contributed by atoms with Gasteiger partial charge < -0.3 is 10.1 Å². The highest BCUT2D eigenvalue weighted by molar-refractivity contribution is 5.78. The molecule has 2 aliphatic rings. The first-order chi connectivity index (χ1) is 9.83. The third-order valence-corrected chi connectivity index (χ3v) is 4.44. The highest BCUT2D eigenvalue weighted by Crippen LogP contribution is 2.26. The van der Waals surface area contributed by atoms with Gasteiger partial charge in [-0.25, -0.2) is 0 Å². The molecule has 1 N–H and O–H groups in total. The maximum absolute atomic E-state index is 12.0. The Balaban J connectivity index is 1.46. The lowest BCUT2D eigenvalue weighted by molar-refractivity contribution is -0.125. The first-order valence-corrected chi connectivity index (χ1v) is 7.85. The molecule has 3 rings (SSSR count). The van der Waals surface area contributed by atoms with E-state index in [9.17, 15) is 4.79 Å². The van der Waals surface area contributed by atoms with Gasteiger partial charge in [-0.05, 0) is 36.5 Å². The van der Waals surface area contributed by atoms with Crippen molar-refractivity contribution in [1.29, 1.82) is 0 Å². The highest BCUT2D eigenvalue weighted by Gasteiger charge is 2.20. The molecule has 0 spiro atoms. The third-order valence-electron chi connectivity index (χ3n) is 4.44. The Hall–Kier alpha value is -1.51. The van der Waals surface area contributed by atoms with Gasteiger partial charge in [-0.3, -0.25) is 4.79 Å². The molecular weight excluding hydrogens is 250 g/mol. The minimum atomic E-state index is 0.259. The van der Waals surface area contributed by atoms with E-state index in [1.165, 1.54) is 30.4 Å². The van der Waals surface area contributed by atoms with E-state index >= 15 is 0 Å². The number of nitrogens with one attached hydrogen (secondary N) is 1. The third kappa shape index (κ3) is 3.14. The van der Waals surface area contributed by atoms with Crippen LogP contribution >= 0.6 is 0 Å². The molecule has 0 aromatic heterocycles. The number of fused-ring (bicyclic) bond motifs is 1. The van der Waals surface area contributed by atoms with Crippen molar-refractivity contribution in [3.8, 4) is 5.75 Å². The van der Waals surface area contributed by atoms with E-state index in [0.29, 0.717) is 0 Å². The summed E-state index contributed by atoms with van der Waals surface area (Å²) in [6.45, 7) is 1.55. The lowest BCUT2D eigenvalue weighted by Gasteiger charge is -2.20.